The lowest BCUT2D eigenvalue weighted by atomic mass is 9.97. The average Bonchev–Trinajstić information content (AvgIpc) is 2.70. The highest BCUT2D eigenvalue weighted by atomic mass is 16.4. The van der Waals surface area contributed by atoms with E-state index in [2.05, 4.69) is 16.0 Å². The minimum atomic E-state index is -1.46. The maximum absolute atomic E-state index is 12.7. The molecule has 12 nitrogen and oxygen atoms in total. The first-order chi connectivity index (χ1) is 14.7. The summed E-state index contributed by atoms with van der Waals surface area (Å²) in [6, 6.07) is -4.95. The zero-order chi connectivity index (χ0) is 25.2. The second-order valence-electron chi connectivity index (χ2n) is 8.21. The first-order valence-corrected chi connectivity index (χ1v) is 10.5. The van der Waals surface area contributed by atoms with Gasteiger partial charge in [-0.2, -0.15) is 0 Å². The number of carbonyl (C=O) groups is 5. The number of amides is 3. The summed E-state index contributed by atoms with van der Waals surface area (Å²) in [5.74, 6) is -5.55. The predicted molar refractivity (Wildman–Crippen MR) is 114 cm³/mol. The number of carbonyl (C=O) groups excluding carboxylic acids is 3. The van der Waals surface area contributed by atoms with Crippen LogP contribution in [0.4, 0.5) is 0 Å². The van der Waals surface area contributed by atoms with Crippen molar-refractivity contribution in [2.45, 2.75) is 84.2 Å². The number of aliphatic carboxylic acids is 2. The average molecular weight is 461 g/mol. The van der Waals surface area contributed by atoms with E-state index in [-0.39, 0.29) is 18.8 Å². The van der Waals surface area contributed by atoms with Crippen molar-refractivity contribution in [3.05, 3.63) is 0 Å². The van der Waals surface area contributed by atoms with Crippen LogP contribution in [0.1, 0.15) is 53.9 Å². The van der Waals surface area contributed by atoms with Crippen molar-refractivity contribution in [2.24, 2.45) is 17.6 Å². The molecule has 0 bridgehead atoms. The van der Waals surface area contributed by atoms with Gasteiger partial charge in [0.2, 0.25) is 17.7 Å². The number of carboxylic acid groups (broad SMARTS) is 2. The fourth-order valence-electron chi connectivity index (χ4n) is 2.78. The van der Waals surface area contributed by atoms with Crippen molar-refractivity contribution in [3.63, 3.8) is 0 Å². The van der Waals surface area contributed by atoms with Gasteiger partial charge in [0.25, 0.3) is 0 Å². The number of aliphatic hydroxyl groups excluding tert-OH is 1. The van der Waals surface area contributed by atoms with Crippen LogP contribution in [0.25, 0.3) is 0 Å². The molecule has 0 rings (SSSR count). The molecule has 6 unspecified atom stereocenters. The zero-order valence-corrected chi connectivity index (χ0v) is 19.1. The summed E-state index contributed by atoms with van der Waals surface area (Å²) in [6.07, 6.45) is -1.36. The highest BCUT2D eigenvalue weighted by Crippen LogP contribution is 2.10. The standard InChI is InChI=1S/C20H36N4O8/c1-6-10(4)15(20(31)32)23-18(29)14(9(2)3)22-19(30)16(11(5)25)24-17(28)12(21)7-8-13(26)27/h9-12,14-16,25H,6-8,21H2,1-5H3,(H,22,30)(H,23,29)(H,24,28)(H,26,27)(H,31,32). The van der Waals surface area contributed by atoms with Crippen molar-refractivity contribution in [3.8, 4) is 0 Å². The predicted octanol–water partition coefficient (Wildman–Crippen LogP) is -1.20. The van der Waals surface area contributed by atoms with E-state index < -0.39 is 65.8 Å². The van der Waals surface area contributed by atoms with E-state index in [1.807, 2.05) is 0 Å². The number of aliphatic hydroxyl groups is 1. The highest BCUT2D eigenvalue weighted by molar-refractivity contribution is 5.94. The van der Waals surface area contributed by atoms with Gasteiger partial charge in [0.15, 0.2) is 0 Å². The molecule has 32 heavy (non-hydrogen) atoms. The Labute approximate surface area is 187 Å². The van der Waals surface area contributed by atoms with Gasteiger partial charge in [-0.15, -0.1) is 0 Å². The third kappa shape index (κ3) is 9.60. The van der Waals surface area contributed by atoms with Crippen LogP contribution in [0, 0.1) is 11.8 Å². The molecular formula is C20H36N4O8. The molecule has 0 fully saturated rings. The Balaban J connectivity index is 5.36. The van der Waals surface area contributed by atoms with Gasteiger partial charge in [-0.1, -0.05) is 34.1 Å². The molecule has 0 aromatic heterocycles. The van der Waals surface area contributed by atoms with Crippen LogP contribution < -0.4 is 21.7 Å². The molecule has 0 spiro atoms. The first kappa shape index (κ1) is 29.3. The topological polar surface area (TPSA) is 208 Å². The van der Waals surface area contributed by atoms with Crippen molar-refractivity contribution in [1.82, 2.24) is 16.0 Å². The summed E-state index contributed by atoms with van der Waals surface area (Å²) < 4.78 is 0. The fraction of sp³-hybridized carbons (Fsp3) is 0.750. The summed E-state index contributed by atoms with van der Waals surface area (Å²) in [5.41, 5.74) is 5.63. The Morgan fingerprint density at radius 2 is 1.28 bits per heavy atom. The van der Waals surface area contributed by atoms with Crippen LogP contribution in [0.15, 0.2) is 0 Å². The molecule has 0 radical (unpaired) electrons. The van der Waals surface area contributed by atoms with E-state index in [4.69, 9.17) is 10.8 Å². The molecule has 0 aliphatic heterocycles. The number of hydrogen-bond donors (Lipinski definition) is 7. The van der Waals surface area contributed by atoms with Gasteiger partial charge in [0.1, 0.15) is 18.1 Å². The van der Waals surface area contributed by atoms with Crippen LogP contribution in [0.3, 0.4) is 0 Å². The second-order valence-corrected chi connectivity index (χ2v) is 8.21. The summed E-state index contributed by atoms with van der Waals surface area (Å²) in [7, 11) is 0. The number of nitrogens with two attached hydrogens (primary N) is 1. The Bertz CT molecular complexity index is 683. The minimum Gasteiger partial charge on any atom is -0.481 e. The van der Waals surface area contributed by atoms with Crippen LogP contribution in [-0.4, -0.2) is 75.3 Å². The maximum atomic E-state index is 12.7. The summed E-state index contributed by atoms with van der Waals surface area (Å²) in [5, 5.41) is 35.2. The van der Waals surface area contributed by atoms with Crippen molar-refractivity contribution < 1.29 is 39.3 Å². The smallest absolute Gasteiger partial charge is 0.326 e. The molecule has 12 heteroatoms. The summed E-state index contributed by atoms with van der Waals surface area (Å²) >= 11 is 0. The normalized spacial score (nSPS) is 16.8. The lowest BCUT2D eigenvalue weighted by molar-refractivity contribution is -0.144. The molecule has 0 aromatic carbocycles. The van der Waals surface area contributed by atoms with E-state index in [9.17, 15) is 34.2 Å². The third-order valence-electron chi connectivity index (χ3n) is 5.09. The summed E-state index contributed by atoms with van der Waals surface area (Å²) in [6.45, 7) is 7.99. The van der Waals surface area contributed by atoms with Crippen LogP contribution in [0.2, 0.25) is 0 Å². The van der Waals surface area contributed by atoms with Crippen LogP contribution >= 0.6 is 0 Å². The van der Waals surface area contributed by atoms with Gasteiger partial charge in [0.05, 0.1) is 12.1 Å². The molecule has 184 valence electrons. The monoisotopic (exact) mass is 460 g/mol. The van der Waals surface area contributed by atoms with Crippen molar-refractivity contribution in [1.29, 1.82) is 0 Å². The number of hydrogen-bond acceptors (Lipinski definition) is 7. The van der Waals surface area contributed by atoms with E-state index >= 15 is 0 Å². The molecule has 0 aliphatic rings. The molecule has 8 N–H and O–H groups in total. The molecule has 0 saturated heterocycles. The minimum absolute atomic E-state index is 0.168. The highest BCUT2D eigenvalue weighted by Gasteiger charge is 2.34. The van der Waals surface area contributed by atoms with Gasteiger partial charge in [-0.05, 0) is 25.2 Å². The number of nitrogens with one attached hydrogen (secondary N) is 3. The SMILES string of the molecule is CCC(C)C(NC(=O)C(NC(=O)C(NC(=O)C(N)CCC(=O)O)C(C)O)C(C)C)C(=O)O. The lowest BCUT2D eigenvalue weighted by Gasteiger charge is -2.29. The Morgan fingerprint density at radius 1 is 0.812 bits per heavy atom. The molecule has 0 aliphatic carbocycles. The molecule has 0 heterocycles. The van der Waals surface area contributed by atoms with E-state index in [1.54, 1.807) is 27.7 Å². The largest absolute Gasteiger partial charge is 0.481 e. The Hall–Kier alpha value is -2.73. The molecule has 6 atom stereocenters. The zero-order valence-electron chi connectivity index (χ0n) is 19.1. The third-order valence-corrected chi connectivity index (χ3v) is 5.09. The molecule has 3 amide bonds. The van der Waals surface area contributed by atoms with E-state index in [0.717, 1.165) is 0 Å². The van der Waals surface area contributed by atoms with Crippen LogP contribution in [-0.2, 0) is 24.0 Å². The van der Waals surface area contributed by atoms with E-state index in [1.165, 1.54) is 6.92 Å². The van der Waals surface area contributed by atoms with Crippen molar-refractivity contribution in [2.75, 3.05) is 0 Å². The lowest BCUT2D eigenvalue weighted by Crippen LogP contribution is -2.61. The second kappa shape index (κ2) is 13.6. The van der Waals surface area contributed by atoms with Crippen LogP contribution in [0.5, 0.6) is 0 Å². The quantitative estimate of drug-likeness (QED) is 0.166. The Kier molecular flexibility index (Phi) is 12.5. The van der Waals surface area contributed by atoms with Gasteiger partial charge in [-0.25, -0.2) is 4.79 Å². The maximum Gasteiger partial charge on any atom is 0.326 e. The van der Waals surface area contributed by atoms with Gasteiger partial charge in [-0.3, -0.25) is 19.2 Å². The van der Waals surface area contributed by atoms with Gasteiger partial charge in [0, 0.05) is 6.42 Å². The molecular weight excluding hydrogens is 424 g/mol. The van der Waals surface area contributed by atoms with Gasteiger partial charge < -0.3 is 37.0 Å². The fourth-order valence-corrected chi connectivity index (χ4v) is 2.78. The van der Waals surface area contributed by atoms with Crippen molar-refractivity contribution >= 4 is 29.7 Å². The van der Waals surface area contributed by atoms with E-state index in [0.29, 0.717) is 6.42 Å². The molecule has 0 saturated carbocycles. The molecule has 0 aromatic rings. The summed E-state index contributed by atoms with van der Waals surface area (Å²) in [4.78, 5) is 59.8. The number of rotatable bonds is 14. The van der Waals surface area contributed by atoms with Gasteiger partial charge >= 0.3 is 11.9 Å². The Morgan fingerprint density at radius 3 is 1.69 bits per heavy atom. The number of carboxylic acids is 2. The first-order valence-electron chi connectivity index (χ1n) is 10.5.